The molecule has 0 unspecified atom stereocenters. The van der Waals surface area contributed by atoms with Gasteiger partial charge in [0.15, 0.2) is 11.5 Å². The highest BCUT2D eigenvalue weighted by atomic mass is 79.9. The molecule has 0 aliphatic carbocycles. The lowest BCUT2D eigenvalue weighted by molar-refractivity contribution is 0.0733. The van der Waals surface area contributed by atoms with Gasteiger partial charge in [-0.25, -0.2) is 10.2 Å². The van der Waals surface area contributed by atoms with Crippen LogP contribution in [-0.2, 0) is 0 Å². The van der Waals surface area contributed by atoms with Crippen molar-refractivity contribution in [2.45, 2.75) is 0 Å². The third-order valence-corrected chi connectivity index (χ3v) is 7.74. The normalized spacial score (nSPS) is 11.0. The van der Waals surface area contributed by atoms with Crippen LogP contribution < -0.4 is 24.4 Å². The van der Waals surface area contributed by atoms with E-state index < -0.39 is 11.9 Å². The van der Waals surface area contributed by atoms with Gasteiger partial charge < -0.3 is 23.9 Å². The Morgan fingerprint density at radius 3 is 2.25 bits per heavy atom. The summed E-state index contributed by atoms with van der Waals surface area (Å²) >= 11 is 16.4. The van der Waals surface area contributed by atoms with Gasteiger partial charge in [-0.15, -0.1) is 0 Å². The van der Waals surface area contributed by atoms with Crippen LogP contribution in [0.5, 0.6) is 23.0 Å². The van der Waals surface area contributed by atoms with Crippen molar-refractivity contribution in [2.75, 3.05) is 21.3 Å². The number of hydrogen-bond acceptors (Lipinski definition) is 7. The van der Waals surface area contributed by atoms with Gasteiger partial charge in [0.25, 0.3) is 5.91 Å². The molecule has 0 bridgehead atoms. The van der Waals surface area contributed by atoms with Crippen LogP contribution in [0.3, 0.4) is 0 Å². The van der Waals surface area contributed by atoms with E-state index in [1.807, 2.05) is 24.3 Å². The second-order valence-corrected chi connectivity index (χ2v) is 10.9. The first-order valence-corrected chi connectivity index (χ1v) is 14.5. The number of fused-ring (bicyclic) bond motifs is 1. The van der Waals surface area contributed by atoms with E-state index in [-0.39, 0.29) is 17.0 Å². The summed E-state index contributed by atoms with van der Waals surface area (Å²) in [5.74, 6) is -0.0751. The average molecular weight is 697 g/mol. The molecule has 1 amide bonds. The number of ether oxygens (including phenoxy) is 4. The molecule has 0 atom stereocenters. The number of nitrogens with one attached hydrogen (secondary N) is 2. The van der Waals surface area contributed by atoms with Crippen LogP contribution in [-0.4, -0.2) is 44.4 Å². The molecular formula is C32H24BrCl2N3O6. The number of hydrazone groups is 1. The summed E-state index contributed by atoms with van der Waals surface area (Å²) < 4.78 is 22.4. The summed E-state index contributed by atoms with van der Waals surface area (Å²) in [6, 6.07) is 20.5. The molecule has 0 radical (unpaired) electrons. The third kappa shape index (κ3) is 6.23. The highest BCUT2D eigenvalue weighted by Gasteiger charge is 2.22. The number of aromatic nitrogens is 1. The molecule has 0 spiro atoms. The molecule has 1 aromatic heterocycles. The molecule has 0 saturated carbocycles. The van der Waals surface area contributed by atoms with Crippen LogP contribution >= 0.6 is 39.1 Å². The number of methoxy groups -OCH3 is 3. The highest BCUT2D eigenvalue weighted by Crippen LogP contribution is 2.40. The maximum Gasteiger partial charge on any atom is 0.343 e. The Morgan fingerprint density at radius 2 is 1.57 bits per heavy atom. The Hall–Kier alpha value is -4.51. The number of benzene rings is 4. The van der Waals surface area contributed by atoms with Gasteiger partial charge in [-0.2, -0.15) is 5.10 Å². The zero-order valence-corrected chi connectivity index (χ0v) is 26.6. The number of esters is 1. The summed E-state index contributed by atoms with van der Waals surface area (Å²) in [6.45, 7) is 0. The lowest BCUT2D eigenvalue weighted by Gasteiger charge is -2.14. The third-order valence-electron chi connectivity index (χ3n) is 6.60. The van der Waals surface area contributed by atoms with E-state index in [1.165, 1.54) is 39.7 Å². The number of amides is 1. The lowest BCUT2D eigenvalue weighted by atomic mass is 10.0. The van der Waals surface area contributed by atoms with Gasteiger partial charge in [0.05, 0.1) is 43.6 Å². The lowest BCUT2D eigenvalue weighted by Crippen LogP contribution is -2.19. The molecular weight excluding hydrogens is 673 g/mol. The van der Waals surface area contributed by atoms with Gasteiger partial charge in [-0.05, 0) is 42.5 Å². The van der Waals surface area contributed by atoms with E-state index in [0.717, 1.165) is 5.39 Å². The maximum absolute atomic E-state index is 13.4. The molecule has 44 heavy (non-hydrogen) atoms. The number of carbonyl (C=O) groups excluding carboxylic acids is 2. The molecule has 2 N–H and O–H groups in total. The van der Waals surface area contributed by atoms with E-state index in [2.05, 4.69) is 31.4 Å². The van der Waals surface area contributed by atoms with Crippen molar-refractivity contribution in [3.63, 3.8) is 0 Å². The number of carbonyl (C=O) groups is 2. The highest BCUT2D eigenvalue weighted by molar-refractivity contribution is 9.10. The number of rotatable bonds is 9. The number of nitrogens with zero attached hydrogens (tertiary/aromatic N) is 1. The largest absolute Gasteiger partial charge is 0.493 e. The fourth-order valence-corrected chi connectivity index (χ4v) is 5.41. The second-order valence-electron chi connectivity index (χ2n) is 9.20. The monoisotopic (exact) mass is 695 g/mol. The van der Waals surface area contributed by atoms with Gasteiger partial charge in [0.1, 0.15) is 11.4 Å². The Morgan fingerprint density at radius 1 is 0.864 bits per heavy atom. The Bertz CT molecular complexity index is 1900. The van der Waals surface area contributed by atoms with Crippen molar-refractivity contribution in [2.24, 2.45) is 5.10 Å². The Labute approximate surface area is 270 Å². The number of halogens is 3. The SMILES string of the molecule is COc1cc(C(=O)Oc2ccc(Br)cc2C=NNC(=O)c2[nH]c3c(Cl)cccc3c2-c2ccccc2Cl)cc(OC)c1OC. The van der Waals surface area contributed by atoms with Crippen LogP contribution in [0.15, 0.2) is 82.4 Å². The van der Waals surface area contributed by atoms with Crippen molar-refractivity contribution in [1.29, 1.82) is 0 Å². The number of para-hydroxylation sites is 1. The Kier molecular flexibility index (Phi) is 9.43. The molecule has 0 fully saturated rings. The van der Waals surface area contributed by atoms with Crippen LogP contribution in [0.1, 0.15) is 26.4 Å². The summed E-state index contributed by atoms with van der Waals surface area (Å²) in [6.07, 6.45) is 1.37. The molecule has 5 aromatic rings. The molecule has 4 aromatic carbocycles. The first-order chi connectivity index (χ1) is 21.2. The van der Waals surface area contributed by atoms with Crippen LogP contribution in [0.2, 0.25) is 10.0 Å². The van der Waals surface area contributed by atoms with Crippen molar-refractivity contribution in [3.05, 3.63) is 104 Å². The maximum atomic E-state index is 13.4. The van der Waals surface area contributed by atoms with E-state index in [0.29, 0.717) is 54.0 Å². The van der Waals surface area contributed by atoms with Crippen LogP contribution in [0.4, 0.5) is 0 Å². The average Bonchev–Trinajstić information content (AvgIpc) is 3.42. The van der Waals surface area contributed by atoms with E-state index in [9.17, 15) is 9.59 Å². The fraction of sp³-hybridized carbons (Fsp3) is 0.0938. The van der Waals surface area contributed by atoms with E-state index in [4.69, 9.17) is 42.1 Å². The molecule has 224 valence electrons. The molecule has 5 rings (SSSR count). The molecule has 0 aliphatic heterocycles. The first-order valence-electron chi connectivity index (χ1n) is 13.0. The number of hydrogen-bond donors (Lipinski definition) is 2. The topological polar surface area (TPSA) is 111 Å². The van der Waals surface area contributed by atoms with Crippen molar-refractivity contribution < 1.29 is 28.5 Å². The summed E-state index contributed by atoms with van der Waals surface area (Å²) in [5, 5.41) is 5.80. The number of aromatic amines is 1. The van der Waals surface area contributed by atoms with Crippen molar-refractivity contribution in [1.82, 2.24) is 10.4 Å². The summed E-state index contributed by atoms with van der Waals surface area (Å²) in [4.78, 5) is 29.7. The summed E-state index contributed by atoms with van der Waals surface area (Å²) in [7, 11) is 4.37. The van der Waals surface area contributed by atoms with E-state index in [1.54, 1.807) is 36.4 Å². The second kappa shape index (κ2) is 13.4. The van der Waals surface area contributed by atoms with E-state index >= 15 is 0 Å². The van der Waals surface area contributed by atoms with Gasteiger partial charge in [0, 0.05) is 31.6 Å². The van der Waals surface area contributed by atoms with Crippen molar-refractivity contribution >= 4 is 68.1 Å². The minimum Gasteiger partial charge on any atom is -0.493 e. The summed E-state index contributed by atoms with van der Waals surface area (Å²) in [5.41, 5.74) is 5.18. The van der Waals surface area contributed by atoms with Crippen LogP contribution in [0.25, 0.3) is 22.0 Å². The van der Waals surface area contributed by atoms with Crippen molar-refractivity contribution in [3.8, 4) is 34.1 Å². The Balaban J connectivity index is 1.43. The standard InChI is InChI=1S/C32H24BrCl2N3O6/c1-41-25-14-17(15-26(42-2)30(25)43-3)32(40)44-24-12-11-19(33)13-18(24)16-36-38-31(39)29-27(20-7-4-5-9-22(20)34)21-8-6-10-23(35)28(21)37-29/h4-16,37H,1-3H3,(H,38,39). The minimum atomic E-state index is -0.676. The zero-order chi connectivity index (χ0) is 31.4. The van der Waals surface area contributed by atoms with Gasteiger partial charge in [0.2, 0.25) is 5.75 Å². The smallest absolute Gasteiger partial charge is 0.343 e. The molecule has 0 saturated heterocycles. The van der Waals surface area contributed by atoms with Gasteiger partial charge in [-0.3, -0.25) is 4.79 Å². The minimum absolute atomic E-state index is 0.170. The predicted octanol–water partition coefficient (Wildman–Crippen LogP) is 7.91. The van der Waals surface area contributed by atoms with Gasteiger partial charge >= 0.3 is 5.97 Å². The fourth-order valence-electron chi connectivity index (χ4n) is 4.58. The predicted molar refractivity (Wildman–Crippen MR) is 174 cm³/mol. The zero-order valence-electron chi connectivity index (χ0n) is 23.5. The number of H-pyrrole nitrogens is 1. The quantitative estimate of drug-likeness (QED) is 0.0701. The first kappa shape index (κ1) is 30.9. The van der Waals surface area contributed by atoms with Gasteiger partial charge in [-0.1, -0.05) is 69.5 Å². The molecule has 0 aliphatic rings. The molecule has 9 nitrogen and oxygen atoms in total. The molecule has 1 heterocycles. The molecule has 12 heteroatoms. The van der Waals surface area contributed by atoms with Crippen LogP contribution in [0, 0.1) is 0 Å².